The topological polar surface area (TPSA) is 52.0 Å². The normalized spacial score (nSPS) is 22.5. The molecule has 0 aromatic carbocycles. The van der Waals surface area contributed by atoms with Crippen LogP contribution >= 0.6 is 0 Å². The molecule has 1 unspecified atom stereocenters. The van der Waals surface area contributed by atoms with Gasteiger partial charge in [0.1, 0.15) is 12.9 Å². The number of nitrogens with one attached hydrogen (secondary N) is 1. The van der Waals surface area contributed by atoms with Crippen LogP contribution in [0.15, 0.2) is 6.33 Å². The standard InChI is InChI=1S/C9H16N4O/c1-13-9(11-7-12-13)6-14-8-3-2-4-10-5-8/h7-8,10H,2-6H2,1H3. The zero-order chi connectivity index (χ0) is 9.80. The van der Waals surface area contributed by atoms with Gasteiger partial charge in [-0.25, -0.2) is 4.98 Å². The summed E-state index contributed by atoms with van der Waals surface area (Å²) in [5.74, 6) is 0.885. The van der Waals surface area contributed by atoms with Crippen molar-refractivity contribution in [1.29, 1.82) is 0 Å². The van der Waals surface area contributed by atoms with Gasteiger partial charge in [-0.3, -0.25) is 4.68 Å². The Kier molecular flexibility index (Phi) is 3.10. The molecule has 0 radical (unpaired) electrons. The zero-order valence-corrected chi connectivity index (χ0v) is 8.44. The Bertz CT molecular complexity index is 280. The van der Waals surface area contributed by atoms with Gasteiger partial charge in [-0.05, 0) is 19.4 Å². The quantitative estimate of drug-likeness (QED) is 0.744. The molecule has 0 spiro atoms. The minimum absolute atomic E-state index is 0.334. The summed E-state index contributed by atoms with van der Waals surface area (Å²) in [7, 11) is 1.88. The lowest BCUT2D eigenvalue weighted by atomic mass is 10.1. The van der Waals surface area contributed by atoms with E-state index in [9.17, 15) is 0 Å². The van der Waals surface area contributed by atoms with E-state index in [2.05, 4.69) is 15.4 Å². The van der Waals surface area contributed by atoms with Crippen LogP contribution in [0.1, 0.15) is 18.7 Å². The number of piperidine rings is 1. The fourth-order valence-electron chi connectivity index (χ4n) is 1.61. The molecule has 0 saturated carbocycles. The summed E-state index contributed by atoms with van der Waals surface area (Å²) >= 11 is 0. The van der Waals surface area contributed by atoms with Gasteiger partial charge < -0.3 is 10.1 Å². The minimum atomic E-state index is 0.334. The Morgan fingerprint density at radius 3 is 3.29 bits per heavy atom. The van der Waals surface area contributed by atoms with Gasteiger partial charge in [-0.2, -0.15) is 5.10 Å². The van der Waals surface area contributed by atoms with Gasteiger partial charge in [0.2, 0.25) is 0 Å². The number of hydrogen-bond acceptors (Lipinski definition) is 4. The van der Waals surface area contributed by atoms with E-state index in [-0.39, 0.29) is 0 Å². The molecule has 0 amide bonds. The molecule has 14 heavy (non-hydrogen) atoms. The van der Waals surface area contributed by atoms with E-state index >= 15 is 0 Å². The Morgan fingerprint density at radius 1 is 1.71 bits per heavy atom. The Balaban J connectivity index is 1.79. The average molecular weight is 196 g/mol. The van der Waals surface area contributed by atoms with Crippen molar-refractivity contribution in [3.8, 4) is 0 Å². The highest BCUT2D eigenvalue weighted by Gasteiger charge is 2.13. The van der Waals surface area contributed by atoms with Crippen LogP contribution in [0.2, 0.25) is 0 Å². The fraction of sp³-hybridized carbons (Fsp3) is 0.778. The highest BCUT2D eigenvalue weighted by Crippen LogP contribution is 2.07. The highest BCUT2D eigenvalue weighted by atomic mass is 16.5. The smallest absolute Gasteiger partial charge is 0.152 e. The average Bonchev–Trinajstić information content (AvgIpc) is 2.63. The van der Waals surface area contributed by atoms with Crippen molar-refractivity contribution in [2.24, 2.45) is 7.05 Å². The van der Waals surface area contributed by atoms with Crippen molar-refractivity contribution < 1.29 is 4.74 Å². The first-order chi connectivity index (χ1) is 6.86. The third kappa shape index (κ3) is 2.30. The van der Waals surface area contributed by atoms with Crippen molar-refractivity contribution in [1.82, 2.24) is 20.1 Å². The first-order valence-corrected chi connectivity index (χ1v) is 5.01. The van der Waals surface area contributed by atoms with Gasteiger partial charge in [-0.15, -0.1) is 0 Å². The molecular formula is C9H16N4O. The predicted molar refractivity (Wildman–Crippen MR) is 51.7 cm³/mol. The third-order valence-electron chi connectivity index (χ3n) is 2.50. The molecule has 0 bridgehead atoms. The van der Waals surface area contributed by atoms with E-state index in [4.69, 9.17) is 4.74 Å². The van der Waals surface area contributed by atoms with Crippen LogP contribution in [0.5, 0.6) is 0 Å². The predicted octanol–water partition coefficient (Wildman–Crippen LogP) is 0.0837. The largest absolute Gasteiger partial charge is 0.369 e. The second-order valence-electron chi connectivity index (χ2n) is 3.58. The molecule has 5 nitrogen and oxygen atoms in total. The number of hydrogen-bond donors (Lipinski definition) is 1. The lowest BCUT2D eigenvalue weighted by Gasteiger charge is -2.22. The molecule has 2 heterocycles. The van der Waals surface area contributed by atoms with Crippen LogP contribution in [-0.2, 0) is 18.4 Å². The van der Waals surface area contributed by atoms with E-state index < -0.39 is 0 Å². The Hall–Kier alpha value is -0.940. The summed E-state index contributed by atoms with van der Waals surface area (Å²) in [6.45, 7) is 2.63. The minimum Gasteiger partial charge on any atom is -0.369 e. The number of nitrogens with zero attached hydrogens (tertiary/aromatic N) is 3. The molecule has 1 aliphatic heterocycles. The zero-order valence-electron chi connectivity index (χ0n) is 8.44. The number of aryl methyl sites for hydroxylation is 1. The monoisotopic (exact) mass is 196 g/mol. The maximum atomic E-state index is 5.72. The van der Waals surface area contributed by atoms with Crippen molar-refractivity contribution in [2.75, 3.05) is 13.1 Å². The molecule has 1 N–H and O–H groups in total. The molecule has 1 saturated heterocycles. The molecule has 1 atom stereocenters. The summed E-state index contributed by atoms with van der Waals surface area (Å²) in [6.07, 6.45) is 4.23. The number of ether oxygens (including phenoxy) is 1. The maximum absolute atomic E-state index is 5.72. The van der Waals surface area contributed by atoms with Gasteiger partial charge in [0.05, 0.1) is 6.10 Å². The third-order valence-corrected chi connectivity index (χ3v) is 2.50. The van der Waals surface area contributed by atoms with Gasteiger partial charge in [0.25, 0.3) is 0 Å². The summed E-state index contributed by atoms with van der Waals surface area (Å²) in [5.41, 5.74) is 0. The van der Waals surface area contributed by atoms with Gasteiger partial charge in [0, 0.05) is 13.6 Å². The fourth-order valence-corrected chi connectivity index (χ4v) is 1.61. The first-order valence-electron chi connectivity index (χ1n) is 5.01. The van der Waals surface area contributed by atoms with Crippen LogP contribution in [0.3, 0.4) is 0 Å². The van der Waals surface area contributed by atoms with Crippen molar-refractivity contribution in [3.05, 3.63) is 12.2 Å². The molecule has 0 aliphatic carbocycles. The van der Waals surface area contributed by atoms with E-state index in [1.165, 1.54) is 6.42 Å². The molecular weight excluding hydrogens is 180 g/mol. The number of aromatic nitrogens is 3. The first kappa shape index (κ1) is 9.61. The van der Waals surface area contributed by atoms with E-state index in [1.807, 2.05) is 7.05 Å². The second-order valence-corrected chi connectivity index (χ2v) is 3.58. The molecule has 1 aromatic rings. The highest BCUT2D eigenvalue weighted by molar-refractivity contribution is 4.80. The molecule has 2 rings (SSSR count). The summed E-state index contributed by atoms with van der Waals surface area (Å²) in [4.78, 5) is 4.11. The van der Waals surface area contributed by atoms with Gasteiger partial charge in [-0.1, -0.05) is 0 Å². The molecule has 1 fully saturated rings. The SMILES string of the molecule is Cn1ncnc1COC1CCCNC1. The molecule has 78 valence electrons. The molecule has 1 aliphatic rings. The summed E-state index contributed by atoms with van der Waals surface area (Å²) in [5, 5.41) is 7.30. The lowest BCUT2D eigenvalue weighted by Crippen LogP contribution is -2.35. The maximum Gasteiger partial charge on any atom is 0.152 e. The van der Waals surface area contributed by atoms with E-state index in [0.717, 1.165) is 25.3 Å². The number of rotatable bonds is 3. The van der Waals surface area contributed by atoms with Crippen molar-refractivity contribution >= 4 is 0 Å². The van der Waals surface area contributed by atoms with Crippen LogP contribution in [0, 0.1) is 0 Å². The summed E-state index contributed by atoms with van der Waals surface area (Å²) in [6, 6.07) is 0. The molecule has 5 heteroatoms. The lowest BCUT2D eigenvalue weighted by molar-refractivity contribution is 0.0204. The van der Waals surface area contributed by atoms with Gasteiger partial charge >= 0.3 is 0 Å². The van der Waals surface area contributed by atoms with Crippen molar-refractivity contribution in [3.63, 3.8) is 0 Å². The van der Waals surface area contributed by atoms with Crippen LogP contribution < -0.4 is 5.32 Å². The summed E-state index contributed by atoms with van der Waals surface area (Å²) < 4.78 is 7.47. The van der Waals surface area contributed by atoms with E-state index in [1.54, 1.807) is 11.0 Å². The van der Waals surface area contributed by atoms with E-state index in [0.29, 0.717) is 12.7 Å². The second kappa shape index (κ2) is 4.52. The Morgan fingerprint density at radius 2 is 2.64 bits per heavy atom. The molecule has 1 aromatic heterocycles. The van der Waals surface area contributed by atoms with Crippen LogP contribution in [0.4, 0.5) is 0 Å². The van der Waals surface area contributed by atoms with Crippen LogP contribution in [-0.4, -0.2) is 34.0 Å². The van der Waals surface area contributed by atoms with Crippen LogP contribution in [0.25, 0.3) is 0 Å². The van der Waals surface area contributed by atoms with Gasteiger partial charge in [0.15, 0.2) is 5.82 Å². The Labute approximate surface area is 83.5 Å². The van der Waals surface area contributed by atoms with Crippen molar-refractivity contribution in [2.45, 2.75) is 25.6 Å².